The number of carbonyl (C=O) groups excluding carboxylic acids is 1. The molecule has 0 aromatic carbocycles. The van der Waals surface area contributed by atoms with E-state index in [1.165, 1.54) is 0 Å². The van der Waals surface area contributed by atoms with Gasteiger partial charge in [0.1, 0.15) is 0 Å². The molecule has 80 valence electrons. The lowest BCUT2D eigenvalue weighted by Gasteiger charge is -2.33. The summed E-state index contributed by atoms with van der Waals surface area (Å²) in [5, 5.41) is 0. The molecule has 1 unspecified atom stereocenters. The number of hydrogen-bond donors (Lipinski definition) is 0. The molecular formula is C10H18O3Si. The van der Waals surface area contributed by atoms with Crippen LogP contribution in [0.1, 0.15) is 19.8 Å². The van der Waals surface area contributed by atoms with Gasteiger partial charge < -0.3 is 9.16 Å². The molecule has 1 rings (SSSR count). The summed E-state index contributed by atoms with van der Waals surface area (Å²) in [7, 11) is -1.56. The molecule has 14 heavy (non-hydrogen) atoms. The summed E-state index contributed by atoms with van der Waals surface area (Å²) in [5.41, 5.74) is 0.429. The monoisotopic (exact) mass is 214 g/mol. The second-order valence-corrected chi connectivity index (χ2v) is 8.64. The van der Waals surface area contributed by atoms with Crippen LogP contribution in [-0.4, -0.2) is 20.6 Å². The Morgan fingerprint density at radius 2 is 2.21 bits per heavy atom. The van der Waals surface area contributed by atoms with Gasteiger partial charge in [0.15, 0.2) is 14.6 Å². The topological polar surface area (TPSA) is 35.5 Å². The highest BCUT2D eigenvalue weighted by Crippen LogP contribution is 2.26. The maximum atomic E-state index is 11.2. The third-order valence-corrected chi connectivity index (χ3v) is 4.71. The smallest absolute Gasteiger partial charge is 0.335 e. The van der Waals surface area contributed by atoms with E-state index in [0.29, 0.717) is 5.57 Å². The van der Waals surface area contributed by atoms with Gasteiger partial charge in [-0.05, 0) is 32.5 Å². The van der Waals surface area contributed by atoms with Gasteiger partial charge in [-0.15, -0.1) is 0 Å². The molecule has 1 aliphatic heterocycles. The fourth-order valence-electron chi connectivity index (χ4n) is 1.47. The molecule has 1 fully saturated rings. The summed E-state index contributed by atoms with van der Waals surface area (Å²) >= 11 is 0. The second-order valence-electron chi connectivity index (χ2n) is 4.38. The zero-order valence-electron chi connectivity index (χ0n) is 9.13. The zero-order chi connectivity index (χ0) is 10.8. The number of carbonyl (C=O) groups is 1. The van der Waals surface area contributed by atoms with E-state index >= 15 is 0 Å². The lowest BCUT2D eigenvalue weighted by Crippen LogP contribution is -2.41. The van der Waals surface area contributed by atoms with Crippen LogP contribution in [0.5, 0.6) is 0 Å². The minimum absolute atomic E-state index is 0.338. The fourth-order valence-corrected chi connectivity index (χ4v) is 3.52. The lowest BCUT2D eigenvalue weighted by molar-refractivity contribution is -0.162. The largest absolute Gasteiger partial charge is 0.433 e. The molecule has 0 aromatic heterocycles. The van der Waals surface area contributed by atoms with E-state index in [2.05, 4.69) is 19.7 Å². The van der Waals surface area contributed by atoms with Crippen LogP contribution < -0.4 is 0 Å². The standard InChI is InChI=1S/C10H18O3Si/c1-8(2)10(11)12-9-6-5-7-14(3,4)13-9/h9H,1,5-7H2,2-4H3. The SMILES string of the molecule is C=C(C)C(=O)OC1CCC[Si](C)(C)O1. The first-order chi connectivity index (χ1) is 6.41. The number of esters is 1. The molecule has 3 nitrogen and oxygen atoms in total. The van der Waals surface area contributed by atoms with Crippen LogP contribution in [0.4, 0.5) is 0 Å². The van der Waals surface area contributed by atoms with Gasteiger partial charge in [0.05, 0.1) is 0 Å². The van der Waals surface area contributed by atoms with Crippen molar-refractivity contribution >= 4 is 14.3 Å². The zero-order valence-corrected chi connectivity index (χ0v) is 10.1. The Morgan fingerprint density at radius 3 is 2.71 bits per heavy atom. The molecule has 0 bridgehead atoms. The molecule has 1 saturated heterocycles. The summed E-state index contributed by atoms with van der Waals surface area (Å²) in [4.78, 5) is 11.2. The molecule has 1 atom stereocenters. The predicted molar refractivity (Wildman–Crippen MR) is 57.3 cm³/mol. The van der Waals surface area contributed by atoms with Crippen LogP contribution in [0.15, 0.2) is 12.2 Å². The van der Waals surface area contributed by atoms with Crippen LogP contribution in [0.25, 0.3) is 0 Å². The van der Waals surface area contributed by atoms with Crippen LogP contribution in [0, 0.1) is 0 Å². The van der Waals surface area contributed by atoms with E-state index in [0.717, 1.165) is 18.9 Å². The fraction of sp³-hybridized carbons (Fsp3) is 0.700. The van der Waals surface area contributed by atoms with Crippen molar-refractivity contribution < 1.29 is 14.0 Å². The Morgan fingerprint density at radius 1 is 1.57 bits per heavy atom. The molecule has 0 radical (unpaired) electrons. The molecule has 0 spiro atoms. The predicted octanol–water partition coefficient (Wildman–Crippen LogP) is 2.45. The van der Waals surface area contributed by atoms with Gasteiger partial charge in [-0.2, -0.15) is 0 Å². The Bertz CT molecular complexity index is 248. The summed E-state index contributed by atoms with van der Waals surface area (Å²) in [6.07, 6.45) is 1.57. The van der Waals surface area contributed by atoms with Crippen molar-refractivity contribution in [1.82, 2.24) is 0 Å². The number of hydrogen-bond acceptors (Lipinski definition) is 3. The normalized spacial score (nSPS) is 25.5. The van der Waals surface area contributed by atoms with Crippen LogP contribution in [-0.2, 0) is 14.0 Å². The van der Waals surface area contributed by atoms with Crippen LogP contribution in [0.3, 0.4) is 0 Å². The van der Waals surface area contributed by atoms with E-state index in [-0.39, 0.29) is 12.3 Å². The highest BCUT2D eigenvalue weighted by Gasteiger charge is 2.32. The summed E-state index contributed by atoms with van der Waals surface area (Å²) in [6.45, 7) is 9.48. The van der Waals surface area contributed by atoms with E-state index in [1.54, 1.807) is 6.92 Å². The summed E-state index contributed by atoms with van der Waals surface area (Å²) in [5.74, 6) is -0.346. The maximum Gasteiger partial charge on any atom is 0.335 e. The Balaban J connectivity index is 2.46. The molecule has 0 saturated carbocycles. The average Bonchev–Trinajstić information content (AvgIpc) is 2.01. The van der Waals surface area contributed by atoms with Crippen LogP contribution >= 0.6 is 0 Å². The first-order valence-corrected chi connectivity index (χ1v) is 8.06. The molecule has 1 heterocycles. The quantitative estimate of drug-likeness (QED) is 0.402. The van der Waals surface area contributed by atoms with Gasteiger partial charge in [-0.25, -0.2) is 4.79 Å². The van der Waals surface area contributed by atoms with Crippen molar-refractivity contribution in [3.05, 3.63) is 12.2 Å². The molecule has 0 N–H and O–H groups in total. The maximum absolute atomic E-state index is 11.2. The third kappa shape index (κ3) is 3.27. The summed E-state index contributed by atoms with van der Waals surface area (Å²) < 4.78 is 10.9. The third-order valence-electron chi connectivity index (χ3n) is 2.26. The van der Waals surface area contributed by atoms with Gasteiger partial charge in [0.2, 0.25) is 0 Å². The van der Waals surface area contributed by atoms with Gasteiger partial charge in [-0.1, -0.05) is 6.58 Å². The van der Waals surface area contributed by atoms with Crippen molar-refractivity contribution in [3.8, 4) is 0 Å². The first kappa shape index (κ1) is 11.5. The van der Waals surface area contributed by atoms with Gasteiger partial charge in [0, 0.05) is 12.0 Å². The average molecular weight is 214 g/mol. The second kappa shape index (κ2) is 4.27. The minimum Gasteiger partial charge on any atom is -0.433 e. The van der Waals surface area contributed by atoms with E-state index in [1.807, 2.05) is 0 Å². The number of rotatable bonds is 2. The Kier molecular flexibility index (Phi) is 3.50. The molecule has 0 amide bonds. The molecule has 4 heteroatoms. The lowest BCUT2D eigenvalue weighted by atomic mass is 10.3. The van der Waals surface area contributed by atoms with E-state index in [4.69, 9.17) is 9.16 Å². The first-order valence-electron chi connectivity index (χ1n) is 4.95. The van der Waals surface area contributed by atoms with E-state index in [9.17, 15) is 4.79 Å². The Labute approximate surface area is 86.2 Å². The van der Waals surface area contributed by atoms with Gasteiger partial charge in [-0.3, -0.25) is 0 Å². The molecule has 1 aliphatic rings. The molecule has 0 aliphatic carbocycles. The van der Waals surface area contributed by atoms with Crippen molar-refractivity contribution in [2.45, 2.75) is 45.2 Å². The number of ether oxygens (including phenoxy) is 1. The Hall–Kier alpha value is -0.613. The highest BCUT2D eigenvalue weighted by atomic mass is 28.4. The van der Waals surface area contributed by atoms with Gasteiger partial charge in [0.25, 0.3) is 0 Å². The summed E-state index contributed by atoms with van der Waals surface area (Å²) in [6, 6.07) is 1.15. The highest BCUT2D eigenvalue weighted by molar-refractivity contribution is 6.71. The minimum atomic E-state index is -1.56. The van der Waals surface area contributed by atoms with Crippen molar-refractivity contribution in [1.29, 1.82) is 0 Å². The molecule has 0 aromatic rings. The van der Waals surface area contributed by atoms with Crippen molar-refractivity contribution in [2.75, 3.05) is 0 Å². The van der Waals surface area contributed by atoms with Crippen molar-refractivity contribution in [2.24, 2.45) is 0 Å². The van der Waals surface area contributed by atoms with Gasteiger partial charge >= 0.3 is 5.97 Å². The van der Waals surface area contributed by atoms with Crippen molar-refractivity contribution in [3.63, 3.8) is 0 Å². The molecular weight excluding hydrogens is 196 g/mol. The van der Waals surface area contributed by atoms with E-state index < -0.39 is 8.32 Å². The van der Waals surface area contributed by atoms with Crippen LogP contribution in [0.2, 0.25) is 19.1 Å².